The van der Waals surface area contributed by atoms with Crippen molar-refractivity contribution < 1.29 is 14.1 Å². The Hall–Kier alpha value is -1.82. The number of carbonyl (C=O) groups excluding carboxylic acids is 1. The van der Waals surface area contributed by atoms with E-state index in [9.17, 15) is 4.79 Å². The summed E-state index contributed by atoms with van der Waals surface area (Å²) in [6.07, 6.45) is 3.44. The zero-order chi connectivity index (χ0) is 14.9. The molecule has 0 radical (unpaired) electrons. The van der Waals surface area contributed by atoms with E-state index in [2.05, 4.69) is 10.1 Å². The molecular weight excluding hydrogens is 288 g/mol. The number of benzene rings is 1. The number of thioether (sulfide) groups is 1. The average Bonchev–Trinajstić information content (AvgIpc) is 3.18. The maximum absolute atomic E-state index is 12.0. The van der Waals surface area contributed by atoms with Crippen LogP contribution in [-0.2, 0) is 14.9 Å². The summed E-state index contributed by atoms with van der Waals surface area (Å²) in [4.78, 5) is 17.6. The summed E-state index contributed by atoms with van der Waals surface area (Å²) in [5.74, 6) is 0.607. The molecule has 1 fully saturated rings. The fraction of sp³-hybridized carbons (Fsp3) is 0.400. The highest BCUT2D eigenvalue weighted by atomic mass is 32.2. The second-order valence-electron chi connectivity index (χ2n) is 4.95. The lowest BCUT2D eigenvalue weighted by atomic mass is 10.1. The van der Waals surface area contributed by atoms with E-state index < -0.39 is 5.41 Å². The van der Waals surface area contributed by atoms with Crippen molar-refractivity contribution in [1.29, 1.82) is 0 Å². The smallest absolute Gasteiger partial charge is 0.321 e. The summed E-state index contributed by atoms with van der Waals surface area (Å²) in [5, 5.41) is 3.99. The Labute approximate surface area is 127 Å². The lowest BCUT2D eigenvalue weighted by Gasteiger charge is -2.08. The highest BCUT2D eigenvalue weighted by Gasteiger charge is 2.57. The van der Waals surface area contributed by atoms with Crippen LogP contribution in [0.4, 0.5) is 0 Å². The van der Waals surface area contributed by atoms with Crippen LogP contribution in [0.3, 0.4) is 0 Å². The van der Waals surface area contributed by atoms with E-state index in [1.165, 1.54) is 4.90 Å². The number of carbonyl (C=O) groups is 1. The quantitative estimate of drug-likeness (QED) is 0.625. The zero-order valence-electron chi connectivity index (χ0n) is 12.0. The molecule has 0 bridgehead atoms. The number of esters is 1. The van der Waals surface area contributed by atoms with Gasteiger partial charge in [0.2, 0.25) is 11.7 Å². The molecule has 0 aliphatic heterocycles. The number of aromatic nitrogens is 2. The maximum atomic E-state index is 12.0. The maximum Gasteiger partial charge on any atom is 0.321 e. The van der Waals surface area contributed by atoms with Gasteiger partial charge in [0.05, 0.1) is 6.61 Å². The fourth-order valence-electron chi connectivity index (χ4n) is 2.17. The molecule has 0 atom stereocenters. The van der Waals surface area contributed by atoms with Crippen molar-refractivity contribution in [2.75, 3.05) is 12.9 Å². The number of nitrogens with zero attached hydrogens (tertiary/aromatic N) is 2. The van der Waals surface area contributed by atoms with Crippen molar-refractivity contribution in [1.82, 2.24) is 10.1 Å². The molecule has 0 N–H and O–H groups in total. The van der Waals surface area contributed by atoms with Crippen LogP contribution in [0.1, 0.15) is 25.7 Å². The summed E-state index contributed by atoms with van der Waals surface area (Å²) in [6.45, 7) is 2.15. The van der Waals surface area contributed by atoms with E-state index in [-0.39, 0.29) is 5.97 Å². The van der Waals surface area contributed by atoms with Crippen molar-refractivity contribution >= 4 is 17.7 Å². The van der Waals surface area contributed by atoms with Gasteiger partial charge in [-0.25, -0.2) is 0 Å². The molecule has 1 heterocycles. The van der Waals surface area contributed by atoms with Crippen molar-refractivity contribution in [2.24, 2.45) is 0 Å². The van der Waals surface area contributed by atoms with Gasteiger partial charge in [-0.3, -0.25) is 4.79 Å². The molecule has 1 saturated carbocycles. The third kappa shape index (κ3) is 2.55. The van der Waals surface area contributed by atoms with E-state index in [4.69, 9.17) is 9.26 Å². The Morgan fingerprint density at radius 2 is 2.10 bits per heavy atom. The van der Waals surface area contributed by atoms with Crippen molar-refractivity contribution in [2.45, 2.75) is 30.1 Å². The van der Waals surface area contributed by atoms with Gasteiger partial charge >= 0.3 is 5.97 Å². The van der Waals surface area contributed by atoms with Crippen LogP contribution >= 0.6 is 11.8 Å². The minimum absolute atomic E-state index is 0.266. The van der Waals surface area contributed by atoms with Crippen molar-refractivity contribution in [3.63, 3.8) is 0 Å². The second kappa shape index (κ2) is 5.52. The number of hydrogen-bond acceptors (Lipinski definition) is 6. The molecule has 1 aromatic carbocycles. The van der Waals surface area contributed by atoms with Gasteiger partial charge in [0, 0.05) is 10.5 Å². The Morgan fingerprint density at radius 1 is 1.38 bits per heavy atom. The summed E-state index contributed by atoms with van der Waals surface area (Å²) in [7, 11) is 0. The Morgan fingerprint density at radius 3 is 2.67 bits per heavy atom. The first-order valence-corrected chi connectivity index (χ1v) is 8.08. The monoisotopic (exact) mass is 304 g/mol. The van der Waals surface area contributed by atoms with Crippen LogP contribution < -0.4 is 0 Å². The van der Waals surface area contributed by atoms with Gasteiger partial charge in [-0.05, 0) is 50.3 Å². The summed E-state index contributed by atoms with van der Waals surface area (Å²) in [5.41, 5.74) is 0.169. The molecule has 0 amide bonds. The number of rotatable bonds is 5. The molecule has 0 spiro atoms. The predicted octanol–water partition coefficient (Wildman–Crippen LogP) is 3.05. The van der Waals surface area contributed by atoms with Crippen LogP contribution in [0.5, 0.6) is 0 Å². The molecule has 21 heavy (non-hydrogen) atoms. The largest absolute Gasteiger partial charge is 0.465 e. The van der Waals surface area contributed by atoms with E-state index in [0.29, 0.717) is 31.2 Å². The molecule has 1 aromatic heterocycles. The topological polar surface area (TPSA) is 65.2 Å². The van der Waals surface area contributed by atoms with Crippen molar-refractivity contribution in [3.8, 4) is 11.4 Å². The molecule has 5 nitrogen and oxygen atoms in total. The lowest BCUT2D eigenvalue weighted by Crippen LogP contribution is -2.23. The lowest BCUT2D eigenvalue weighted by molar-refractivity contribution is -0.146. The molecule has 6 heteroatoms. The van der Waals surface area contributed by atoms with Crippen LogP contribution in [0.25, 0.3) is 11.4 Å². The van der Waals surface area contributed by atoms with Crippen LogP contribution in [0, 0.1) is 0 Å². The first kappa shape index (κ1) is 14.1. The Balaban J connectivity index is 1.84. The molecule has 1 aliphatic rings. The van der Waals surface area contributed by atoms with Gasteiger partial charge in [-0.15, -0.1) is 11.8 Å². The molecule has 0 unspecified atom stereocenters. The van der Waals surface area contributed by atoms with Gasteiger partial charge in [0.15, 0.2) is 0 Å². The first-order valence-electron chi connectivity index (χ1n) is 6.85. The first-order chi connectivity index (χ1) is 10.2. The zero-order valence-corrected chi connectivity index (χ0v) is 12.8. The minimum Gasteiger partial charge on any atom is -0.465 e. The highest BCUT2D eigenvalue weighted by molar-refractivity contribution is 7.98. The van der Waals surface area contributed by atoms with Gasteiger partial charge in [0.1, 0.15) is 5.41 Å². The average molecular weight is 304 g/mol. The number of ether oxygens (including phenoxy) is 1. The predicted molar refractivity (Wildman–Crippen MR) is 79.1 cm³/mol. The molecule has 3 rings (SSSR count). The highest BCUT2D eigenvalue weighted by Crippen LogP contribution is 2.48. The second-order valence-corrected chi connectivity index (χ2v) is 5.83. The minimum atomic E-state index is -0.708. The SMILES string of the molecule is CCOC(=O)C1(c2nc(-c3ccc(SC)cc3)no2)CC1. The van der Waals surface area contributed by atoms with E-state index in [1.807, 2.05) is 30.5 Å². The molecule has 1 aliphatic carbocycles. The summed E-state index contributed by atoms with van der Waals surface area (Å²) in [6, 6.07) is 7.91. The third-order valence-electron chi connectivity index (χ3n) is 3.60. The van der Waals surface area contributed by atoms with Gasteiger partial charge < -0.3 is 9.26 Å². The normalized spacial score (nSPS) is 15.7. The molecule has 2 aromatic rings. The van der Waals surface area contributed by atoms with E-state index >= 15 is 0 Å². The van der Waals surface area contributed by atoms with Crippen molar-refractivity contribution in [3.05, 3.63) is 30.2 Å². The van der Waals surface area contributed by atoms with Crippen LogP contribution in [-0.4, -0.2) is 29.0 Å². The molecule has 0 saturated heterocycles. The standard InChI is InChI=1S/C15H16N2O3S/c1-3-19-14(18)15(8-9-15)13-16-12(17-20-13)10-4-6-11(21-2)7-5-10/h4-7H,3,8-9H2,1-2H3. The van der Waals surface area contributed by atoms with E-state index in [1.54, 1.807) is 18.7 Å². The molecular formula is C15H16N2O3S. The third-order valence-corrected chi connectivity index (χ3v) is 4.34. The van der Waals surface area contributed by atoms with Crippen LogP contribution in [0.2, 0.25) is 0 Å². The Bertz CT molecular complexity index is 647. The summed E-state index contributed by atoms with van der Waals surface area (Å²) >= 11 is 1.68. The summed E-state index contributed by atoms with van der Waals surface area (Å²) < 4.78 is 10.4. The van der Waals surface area contributed by atoms with Crippen LogP contribution in [0.15, 0.2) is 33.7 Å². The van der Waals surface area contributed by atoms with Gasteiger partial charge in [-0.2, -0.15) is 4.98 Å². The number of hydrogen-bond donors (Lipinski definition) is 0. The van der Waals surface area contributed by atoms with E-state index in [0.717, 1.165) is 5.56 Å². The molecule has 110 valence electrons. The Kier molecular flexibility index (Phi) is 3.71. The van der Waals surface area contributed by atoms with Gasteiger partial charge in [0.25, 0.3) is 0 Å². The van der Waals surface area contributed by atoms with Gasteiger partial charge in [-0.1, -0.05) is 5.16 Å². The fourth-order valence-corrected chi connectivity index (χ4v) is 2.58.